The number of fused-ring (bicyclic) bond motifs is 1. The van der Waals surface area contributed by atoms with Gasteiger partial charge in [-0.25, -0.2) is 14.2 Å². The number of rotatable bonds is 8. The number of anilines is 3. The number of carbonyl (C=O) groups excluding carboxylic acids is 2. The van der Waals surface area contributed by atoms with Crippen LogP contribution in [-0.4, -0.2) is 48.9 Å². The van der Waals surface area contributed by atoms with Gasteiger partial charge >= 0.3 is 6.09 Å². The van der Waals surface area contributed by atoms with Crippen molar-refractivity contribution in [3.8, 4) is 0 Å². The van der Waals surface area contributed by atoms with Crippen LogP contribution in [0.25, 0.3) is 0 Å². The lowest BCUT2D eigenvalue weighted by Crippen LogP contribution is -2.45. The van der Waals surface area contributed by atoms with Crippen molar-refractivity contribution in [1.82, 2.24) is 15.6 Å². The average molecular weight is 460 g/mol. The Morgan fingerprint density at radius 1 is 1.30 bits per heavy atom. The first-order valence-corrected chi connectivity index (χ1v) is 10.6. The summed E-state index contributed by atoms with van der Waals surface area (Å²) in [7, 11) is 1.50. The lowest BCUT2D eigenvalue weighted by atomic mass is 10.1. The van der Waals surface area contributed by atoms with E-state index in [9.17, 15) is 9.59 Å². The first kappa shape index (κ1) is 24.2. The average Bonchev–Trinajstić information content (AvgIpc) is 3.10. The highest BCUT2D eigenvalue weighted by molar-refractivity contribution is 6.03. The van der Waals surface area contributed by atoms with E-state index in [0.29, 0.717) is 0 Å². The van der Waals surface area contributed by atoms with Crippen molar-refractivity contribution in [1.29, 1.82) is 0 Å². The minimum Gasteiger partial charge on any atom is -0.444 e. The molecule has 4 N–H and O–H groups in total. The number of benzene rings is 1. The van der Waals surface area contributed by atoms with Gasteiger partial charge < -0.3 is 30.7 Å². The van der Waals surface area contributed by atoms with Crippen molar-refractivity contribution >= 4 is 29.3 Å². The molecular weight excluding hydrogens is 429 g/mol. The molecule has 3 rings (SSSR count). The zero-order chi connectivity index (χ0) is 24.2. The van der Waals surface area contributed by atoms with Crippen LogP contribution >= 0.6 is 0 Å². The van der Waals surface area contributed by atoms with Gasteiger partial charge in [0, 0.05) is 31.5 Å². The van der Waals surface area contributed by atoms with E-state index in [1.54, 1.807) is 20.8 Å². The first-order valence-electron chi connectivity index (χ1n) is 10.6. The van der Waals surface area contributed by atoms with Crippen LogP contribution in [0.3, 0.4) is 0 Å². The van der Waals surface area contributed by atoms with Crippen LogP contribution in [0.2, 0.25) is 0 Å². The maximum atomic E-state index is 15.2. The van der Waals surface area contributed by atoms with Crippen LogP contribution in [0.15, 0.2) is 24.3 Å². The van der Waals surface area contributed by atoms with Crippen LogP contribution in [0.5, 0.6) is 0 Å². The molecule has 0 fully saturated rings. The molecule has 0 saturated carbocycles. The molecule has 2 aromatic rings. The van der Waals surface area contributed by atoms with Crippen molar-refractivity contribution in [2.75, 3.05) is 30.9 Å². The Labute approximate surface area is 192 Å². The zero-order valence-electron chi connectivity index (χ0n) is 19.5. The van der Waals surface area contributed by atoms with Crippen LogP contribution in [0.4, 0.5) is 26.5 Å². The molecule has 1 aliphatic rings. The molecule has 0 bridgehead atoms. The van der Waals surface area contributed by atoms with Gasteiger partial charge in [0.1, 0.15) is 11.4 Å². The molecule has 2 heterocycles. The SMILES string of the molecule is COC[C@@H](CNc1nc(Nc2cccc(C)c2)c2c(c1F)CNC2=O)NC(=O)OC(C)(C)C. The Bertz CT molecular complexity index is 1040. The summed E-state index contributed by atoms with van der Waals surface area (Å²) in [5.41, 5.74) is 1.51. The molecule has 0 saturated heterocycles. The van der Waals surface area contributed by atoms with Crippen molar-refractivity contribution in [2.24, 2.45) is 0 Å². The summed E-state index contributed by atoms with van der Waals surface area (Å²) in [5.74, 6) is -0.793. The standard InChI is InChI=1S/C23H30FN5O4/c1-13-7-6-8-14(9-13)27-19-17-16(11-26-21(17)30)18(24)20(29-19)25-10-15(12-32-5)28-22(31)33-23(2,3)4/h6-9,15H,10-12H2,1-5H3,(H,26,30)(H,28,31)(H2,25,27,29)/t15-/m1/s1. The molecule has 0 aliphatic carbocycles. The Morgan fingerprint density at radius 3 is 2.73 bits per heavy atom. The number of nitrogens with one attached hydrogen (secondary N) is 4. The molecule has 10 heteroatoms. The summed E-state index contributed by atoms with van der Waals surface area (Å²) in [6.45, 7) is 7.60. The van der Waals surface area contributed by atoms with Gasteiger partial charge in [-0.05, 0) is 45.4 Å². The zero-order valence-corrected chi connectivity index (χ0v) is 19.5. The minimum absolute atomic E-state index is 0.0347. The van der Waals surface area contributed by atoms with Gasteiger partial charge in [0.15, 0.2) is 11.6 Å². The smallest absolute Gasteiger partial charge is 0.408 e. The van der Waals surface area contributed by atoms with Crippen molar-refractivity contribution in [3.05, 3.63) is 46.8 Å². The van der Waals surface area contributed by atoms with Crippen LogP contribution in [0.1, 0.15) is 42.3 Å². The molecule has 33 heavy (non-hydrogen) atoms. The number of methoxy groups -OCH3 is 1. The number of aryl methyl sites for hydroxylation is 1. The Kier molecular flexibility index (Phi) is 7.37. The van der Waals surface area contributed by atoms with E-state index in [0.717, 1.165) is 11.3 Å². The van der Waals surface area contributed by atoms with Gasteiger partial charge in [-0.15, -0.1) is 0 Å². The number of nitrogens with zero attached hydrogens (tertiary/aromatic N) is 1. The van der Waals surface area contributed by atoms with E-state index in [-0.39, 0.29) is 48.4 Å². The van der Waals surface area contributed by atoms with Crippen LogP contribution < -0.4 is 21.3 Å². The predicted molar refractivity (Wildman–Crippen MR) is 123 cm³/mol. The molecule has 1 aromatic carbocycles. The van der Waals surface area contributed by atoms with Crippen LogP contribution in [-0.2, 0) is 16.0 Å². The molecule has 1 aromatic heterocycles. The third-order valence-electron chi connectivity index (χ3n) is 4.77. The highest BCUT2D eigenvalue weighted by atomic mass is 19.1. The van der Waals surface area contributed by atoms with E-state index < -0.39 is 23.6 Å². The summed E-state index contributed by atoms with van der Waals surface area (Å²) in [6, 6.07) is 7.05. The van der Waals surface area contributed by atoms with Gasteiger partial charge in [0.25, 0.3) is 5.91 Å². The Hall–Kier alpha value is -3.40. The highest BCUT2D eigenvalue weighted by Gasteiger charge is 2.30. The largest absolute Gasteiger partial charge is 0.444 e. The van der Waals surface area contributed by atoms with Gasteiger partial charge in [-0.2, -0.15) is 0 Å². The molecule has 0 unspecified atom stereocenters. The summed E-state index contributed by atoms with van der Waals surface area (Å²) in [6.07, 6.45) is -0.606. The fourth-order valence-corrected chi connectivity index (χ4v) is 3.39. The van der Waals surface area contributed by atoms with E-state index in [2.05, 4.69) is 26.3 Å². The quantitative estimate of drug-likeness (QED) is 0.478. The second-order valence-corrected chi connectivity index (χ2v) is 8.83. The van der Waals surface area contributed by atoms with Crippen LogP contribution in [0, 0.1) is 12.7 Å². The van der Waals surface area contributed by atoms with Gasteiger partial charge in [-0.1, -0.05) is 12.1 Å². The molecular formula is C23H30FN5O4. The molecule has 1 atom stereocenters. The summed E-state index contributed by atoms with van der Waals surface area (Å²) in [5, 5.41) is 11.4. The van der Waals surface area contributed by atoms with E-state index in [1.165, 1.54) is 7.11 Å². The number of alkyl carbamates (subject to hydrolysis) is 1. The fraction of sp³-hybridized carbons (Fsp3) is 0.435. The van der Waals surface area contributed by atoms with Gasteiger partial charge in [0.2, 0.25) is 0 Å². The maximum Gasteiger partial charge on any atom is 0.408 e. The van der Waals surface area contributed by atoms with E-state index in [1.807, 2.05) is 31.2 Å². The monoisotopic (exact) mass is 459 g/mol. The summed E-state index contributed by atoms with van der Waals surface area (Å²) < 4.78 is 25.6. The number of carbonyl (C=O) groups is 2. The lowest BCUT2D eigenvalue weighted by Gasteiger charge is -2.24. The molecule has 178 valence electrons. The second-order valence-electron chi connectivity index (χ2n) is 8.83. The Morgan fingerprint density at radius 2 is 2.06 bits per heavy atom. The van der Waals surface area contributed by atoms with Gasteiger partial charge in [0.05, 0.1) is 18.2 Å². The highest BCUT2D eigenvalue weighted by Crippen LogP contribution is 2.31. The van der Waals surface area contributed by atoms with Crippen molar-refractivity contribution in [2.45, 2.75) is 45.9 Å². The van der Waals surface area contributed by atoms with E-state index >= 15 is 4.39 Å². The number of amides is 2. The topological polar surface area (TPSA) is 114 Å². The molecule has 2 amide bonds. The number of ether oxygens (including phenoxy) is 2. The third kappa shape index (κ3) is 6.32. The lowest BCUT2D eigenvalue weighted by molar-refractivity contribution is 0.0474. The number of hydrogen-bond donors (Lipinski definition) is 4. The second kappa shape index (κ2) is 10.0. The molecule has 0 radical (unpaired) electrons. The molecule has 1 aliphatic heterocycles. The molecule has 0 spiro atoms. The van der Waals surface area contributed by atoms with Crippen molar-refractivity contribution < 1.29 is 23.5 Å². The maximum absolute atomic E-state index is 15.2. The number of aromatic nitrogens is 1. The third-order valence-corrected chi connectivity index (χ3v) is 4.77. The normalized spacial score (nSPS) is 13.7. The van der Waals surface area contributed by atoms with E-state index in [4.69, 9.17) is 9.47 Å². The minimum atomic E-state index is -0.654. The molecule has 9 nitrogen and oxygen atoms in total. The summed E-state index contributed by atoms with van der Waals surface area (Å²) in [4.78, 5) is 28.8. The number of hydrogen-bond acceptors (Lipinski definition) is 7. The summed E-state index contributed by atoms with van der Waals surface area (Å²) >= 11 is 0. The van der Waals surface area contributed by atoms with Crippen molar-refractivity contribution in [3.63, 3.8) is 0 Å². The number of pyridine rings is 1. The number of halogens is 1. The van der Waals surface area contributed by atoms with Gasteiger partial charge in [-0.3, -0.25) is 4.79 Å². The Balaban J connectivity index is 1.82. The first-order chi connectivity index (χ1) is 15.6. The predicted octanol–water partition coefficient (Wildman–Crippen LogP) is 3.47. The fourth-order valence-electron chi connectivity index (χ4n) is 3.39.